The Morgan fingerprint density at radius 3 is 2.46 bits per heavy atom. The van der Waals surface area contributed by atoms with Gasteiger partial charge in [-0.25, -0.2) is 0 Å². The highest BCUT2D eigenvalue weighted by atomic mass is 16.2. The molecule has 0 aliphatic heterocycles. The van der Waals surface area contributed by atoms with Gasteiger partial charge < -0.3 is 10.6 Å². The van der Waals surface area contributed by atoms with Gasteiger partial charge in [-0.15, -0.1) is 0 Å². The summed E-state index contributed by atoms with van der Waals surface area (Å²) in [6, 6.07) is 0.380. The lowest BCUT2D eigenvalue weighted by molar-refractivity contribution is -0.132. The maximum absolute atomic E-state index is 11.7. The zero-order valence-corrected chi connectivity index (χ0v) is 8.36. The second-order valence-corrected chi connectivity index (χ2v) is 4.72. The van der Waals surface area contributed by atoms with Crippen molar-refractivity contribution in [2.45, 2.75) is 25.3 Å². The molecule has 2 aliphatic rings. The number of carbonyl (C=O) groups is 1. The Labute approximate surface area is 79.3 Å². The van der Waals surface area contributed by atoms with E-state index >= 15 is 0 Å². The summed E-state index contributed by atoms with van der Waals surface area (Å²) in [7, 11) is 3.67. The molecule has 2 fully saturated rings. The number of carbonyl (C=O) groups excluding carboxylic acids is 1. The Morgan fingerprint density at radius 2 is 2.00 bits per heavy atom. The Morgan fingerprint density at radius 1 is 1.31 bits per heavy atom. The summed E-state index contributed by atoms with van der Waals surface area (Å²) in [5.74, 6) is 1.96. The van der Waals surface area contributed by atoms with Gasteiger partial charge in [-0.3, -0.25) is 4.79 Å². The summed E-state index contributed by atoms with van der Waals surface area (Å²) in [6.45, 7) is 0. The van der Waals surface area contributed by atoms with Gasteiger partial charge in [-0.05, 0) is 31.1 Å². The largest absolute Gasteiger partial charge is 0.349 e. The molecule has 2 aliphatic carbocycles. The number of hydrogen-bond acceptors (Lipinski definition) is 2. The molecule has 3 nitrogen and oxygen atoms in total. The number of nitrogens with two attached hydrogens (primary N) is 1. The molecule has 0 aromatic heterocycles. The fraction of sp³-hybridized carbons (Fsp3) is 0.900. The maximum Gasteiger partial charge on any atom is 0.225 e. The van der Waals surface area contributed by atoms with Gasteiger partial charge in [-0.1, -0.05) is 0 Å². The van der Waals surface area contributed by atoms with E-state index in [0.717, 1.165) is 25.2 Å². The lowest BCUT2D eigenvalue weighted by Gasteiger charge is -2.37. The molecule has 0 heterocycles. The van der Waals surface area contributed by atoms with E-state index in [9.17, 15) is 4.79 Å². The topological polar surface area (TPSA) is 46.3 Å². The van der Waals surface area contributed by atoms with Crippen molar-refractivity contribution < 1.29 is 4.79 Å². The van der Waals surface area contributed by atoms with Crippen molar-refractivity contribution >= 4 is 5.91 Å². The summed E-state index contributed by atoms with van der Waals surface area (Å²) in [5, 5.41) is 0. The third-order valence-corrected chi connectivity index (χ3v) is 3.66. The van der Waals surface area contributed by atoms with Crippen LogP contribution in [0.5, 0.6) is 0 Å². The molecule has 3 heteroatoms. The molecular formula is C10H18N2O. The summed E-state index contributed by atoms with van der Waals surface area (Å²) in [4.78, 5) is 13.4. The van der Waals surface area contributed by atoms with Crippen molar-refractivity contribution in [1.29, 1.82) is 0 Å². The number of fused-ring (bicyclic) bond motifs is 1. The summed E-state index contributed by atoms with van der Waals surface area (Å²) in [5.41, 5.74) is 5.88. The average molecular weight is 182 g/mol. The van der Waals surface area contributed by atoms with E-state index < -0.39 is 0 Å². The van der Waals surface area contributed by atoms with Gasteiger partial charge in [0, 0.05) is 26.1 Å². The van der Waals surface area contributed by atoms with Crippen LogP contribution in [0.1, 0.15) is 19.3 Å². The fourth-order valence-corrected chi connectivity index (χ4v) is 2.85. The normalized spacial score (nSPS) is 42.4. The molecule has 13 heavy (non-hydrogen) atoms. The van der Waals surface area contributed by atoms with Crippen LogP contribution < -0.4 is 5.73 Å². The molecule has 0 saturated heterocycles. The third kappa shape index (κ3) is 1.35. The van der Waals surface area contributed by atoms with Gasteiger partial charge in [0.15, 0.2) is 0 Å². The minimum absolute atomic E-state index is 0.263. The van der Waals surface area contributed by atoms with E-state index in [2.05, 4.69) is 0 Å². The first kappa shape index (κ1) is 9.00. The molecule has 0 aromatic rings. The number of amides is 1. The minimum Gasteiger partial charge on any atom is -0.349 e. The lowest BCUT2D eigenvalue weighted by atomic mass is 9.72. The van der Waals surface area contributed by atoms with Crippen LogP contribution in [0.25, 0.3) is 0 Å². The first-order valence-corrected chi connectivity index (χ1v) is 5.06. The summed E-state index contributed by atoms with van der Waals surface area (Å²) in [6.07, 6.45) is 3.25. The zero-order valence-electron chi connectivity index (χ0n) is 8.36. The van der Waals surface area contributed by atoms with Crippen LogP contribution in [0.3, 0.4) is 0 Å². The maximum atomic E-state index is 11.7. The van der Waals surface area contributed by atoms with E-state index in [1.807, 2.05) is 14.1 Å². The Bertz CT molecular complexity index is 227. The molecule has 1 unspecified atom stereocenters. The highest BCUT2D eigenvalue weighted by molar-refractivity contribution is 5.78. The Hall–Kier alpha value is -0.570. The van der Waals surface area contributed by atoms with Crippen LogP contribution >= 0.6 is 0 Å². The fourth-order valence-electron chi connectivity index (χ4n) is 2.85. The highest BCUT2D eigenvalue weighted by Gasteiger charge is 2.47. The predicted octanol–water partition coefficient (Wildman–Crippen LogP) is 0.448. The van der Waals surface area contributed by atoms with Crippen LogP contribution in [-0.2, 0) is 4.79 Å². The lowest BCUT2D eigenvalue weighted by Crippen LogP contribution is -2.44. The smallest absolute Gasteiger partial charge is 0.225 e. The average Bonchev–Trinajstić information content (AvgIpc) is 2.41. The summed E-state index contributed by atoms with van der Waals surface area (Å²) >= 11 is 0. The van der Waals surface area contributed by atoms with Crippen LogP contribution in [0, 0.1) is 17.8 Å². The third-order valence-electron chi connectivity index (χ3n) is 3.66. The molecule has 2 rings (SSSR count). The molecule has 1 amide bonds. The molecule has 0 radical (unpaired) electrons. The van der Waals surface area contributed by atoms with Gasteiger partial charge >= 0.3 is 0 Å². The van der Waals surface area contributed by atoms with Crippen LogP contribution in [0.2, 0.25) is 0 Å². The molecule has 2 N–H and O–H groups in total. The van der Waals surface area contributed by atoms with Gasteiger partial charge in [0.25, 0.3) is 0 Å². The molecule has 2 saturated carbocycles. The van der Waals surface area contributed by atoms with Crippen molar-refractivity contribution in [3.05, 3.63) is 0 Å². The quantitative estimate of drug-likeness (QED) is 0.640. The van der Waals surface area contributed by atoms with Crippen LogP contribution in [0.15, 0.2) is 0 Å². The first-order chi connectivity index (χ1) is 6.09. The van der Waals surface area contributed by atoms with Gasteiger partial charge in [0.2, 0.25) is 5.91 Å². The van der Waals surface area contributed by atoms with E-state index in [1.54, 1.807) is 4.90 Å². The van der Waals surface area contributed by atoms with Crippen molar-refractivity contribution in [1.82, 2.24) is 4.90 Å². The van der Waals surface area contributed by atoms with E-state index in [0.29, 0.717) is 17.9 Å². The zero-order chi connectivity index (χ0) is 9.59. The second-order valence-electron chi connectivity index (χ2n) is 4.72. The van der Waals surface area contributed by atoms with E-state index in [-0.39, 0.29) is 5.92 Å². The number of nitrogens with zero attached hydrogens (tertiary/aromatic N) is 1. The van der Waals surface area contributed by atoms with Crippen molar-refractivity contribution in [2.24, 2.45) is 23.5 Å². The monoisotopic (exact) mass is 182 g/mol. The Kier molecular flexibility index (Phi) is 2.06. The van der Waals surface area contributed by atoms with Crippen LogP contribution in [0.4, 0.5) is 0 Å². The first-order valence-electron chi connectivity index (χ1n) is 5.06. The van der Waals surface area contributed by atoms with Gasteiger partial charge in [0.05, 0.1) is 0 Å². The summed E-state index contributed by atoms with van der Waals surface area (Å²) < 4.78 is 0. The molecule has 4 atom stereocenters. The highest BCUT2D eigenvalue weighted by Crippen LogP contribution is 2.49. The predicted molar refractivity (Wildman–Crippen MR) is 51.0 cm³/mol. The van der Waals surface area contributed by atoms with Crippen molar-refractivity contribution in [3.63, 3.8) is 0 Å². The van der Waals surface area contributed by atoms with Gasteiger partial charge in [0.1, 0.15) is 0 Å². The SMILES string of the molecule is CN(C)C(=O)C1C[C@H]2C[C@@H](N)[C@H]2C1. The minimum atomic E-state index is 0.263. The van der Waals surface area contributed by atoms with Crippen molar-refractivity contribution in [3.8, 4) is 0 Å². The molecule has 0 aromatic carbocycles. The Balaban J connectivity index is 1.95. The standard InChI is InChI=1S/C10H18N2O/c1-12(2)10(13)7-3-6-5-9(11)8(6)4-7/h6-9H,3-5,11H2,1-2H3/t6-,7?,8-,9+/m0/s1. The number of rotatable bonds is 1. The molecular weight excluding hydrogens is 164 g/mol. The van der Waals surface area contributed by atoms with Gasteiger partial charge in [-0.2, -0.15) is 0 Å². The van der Waals surface area contributed by atoms with Crippen molar-refractivity contribution in [2.75, 3.05) is 14.1 Å². The molecule has 74 valence electrons. The van der Waals surface area contributed by atoms with Crippen LogP contribution in [-0.4, -0.2) is 30.9 Å². The number of hydrogen-bond donors (Lipinski definition) is 1. The molecule has 0 spiro atoms. The van der Waals surface area contributed by atoms with E-state index in [1.165, 1.54) is 0 Å². The molecule has 0 bridgehead atoms. The second kappa shape index (κ2) is 2.98. The van der Waals surface area contributed by atoms with E-state index in [4.69, 9.17) is 5.73 Å².